The van der Waals surface area contributed by atoms with Crippen LogP contribution in [0.5, 0.6) is 11.5 Å². The van der Waals surface area contributed by atoms with Crippen molar-refractivity contribution in [2.75, 3.05) is 35.1 Å². The van der Waals surface area contributed by atoms with E-state index in [4.69, 9.17) is 32.7 Å². The predicted octanol–water partition coefficient (Wildman–Crippen LogP) is 5.65. The third kappa shape index (κ3) is 7.08. The Morgan fingerprint density at radius 2 is 1.43 bits per heavy atom. The molecule has 4 rings (SSSR count). The van der Waals surface area contributed by atoms with Crippen molar-refractivity contribution >= 4 is 66.2 Å². The summed E-state index contributed by atoms with van der Waals surface area (Å²) in [7, 11) is -5.42. The number of para-hydroxylation sites is 1. The molecule has 0 aliphatic heterocycles. The van der Waals surface area contributed by atoms with Crippen LogP contribution in [0, 0.1) is 0 Å². The van der Waals surface area contributed by atoms with Gasteiger partial charge in [-0.2, -0.15) is 0 Å². The third-order valence-corrected chi connectivity index (χ3v) is 9.60. The highest BCUT2D eigenvalue weighted by molar-refractivity contribution is 7.93. The molecule has 0 aromatic heterocycles. The molecule has 1 amide bonds. The second kappa shape index (κ2) is 12.9. The van der Waals surface area contributed by atoms with Gasteiger partial charge in [-0.25, -0.2) is 16.8 Å². The number of ether oxygens (including phenoxy) is 2. The molecule has 0 radical (unpaired) electrons. The Labute approximate surface area is 253 Å². The summed E-state index contributed by atoms with van der Waals surface area (Å²) in [5.41, 5.74) is 0.658. The second-order valence-corrected chi connectivity index (χ2v) is 13.1. The summed E-state index contributed by atoms with van der Waals surface area (Å²) in [5, 5.41) is 3.09. The van der Waals surface area contributed by atoms with E-state index in [1.165, 1.54) is 74.9 Å². The molecule has 10 nitrogen and oxygen atoms in total. The molecule has 42 heavy (non-hydrogen) atoms. The van der Waals surface area contributed by atoms with E-state index in [2.05, 4.69) is 10.0 Å². The molecule has 220 valence electrons. The van der Waals surface area contributed by atoms with Gasteiger partial charge in [0.25, 0.3) is 20.0 Å². The summed E-state index contributed by atoms with van der Waals surface area (Å²) >= 11 is 11.9. The number of sulfonamides is 2. The summed E-state index contributed by atoms with van der Waals surface area (Å²) in [5.74, 6) is -0.110. The summed E-state index contributed by atoms with van der Waals surface area (Å²) < 4.78 is 66.8. The highest BCUT2D eigenvalue weighted by atomic mass is 35.5. The summed E-state index contributed by atoms with van der Waals surface area (Å²) in [6.45, 7) is -0.572. The van der Waals surface area contributed by atoms with Gasteiger partial charge in [0.2, 0.25) is 5.91 Å². The fourth-order valence-corrected chi connectivity index (χ4v) is 6.87. The molecule has 0 fully saturated rings. The lowest BCUT2D eigenvalue weighted by Gasteiger charge is -2.24. The van der Waals surface area contributed by atoms with E-state index in [0.717, 1.165) is 4.31 Å². The van der Waals surface area contributed by atoms with Gasteiger partial charge >= 0.3 is 0 Å². The van der Waals surface area contributed by atoms with Gasteiger partial charge in [0.05, 0.1) is 40.4 Å². The van der Waals surface area contributed by atoms with Crippen LogP contribution in [-0.2, 0) is 24.8 Å². The maximum Gasteiger partial charge on any atom is 0.264 e. The van der Waals surface area contributed by atoms with Crippen molar-refractivity contribution in [3.63, 3.8) is 0 Å². The first-order valence-corrected chi connectivity index (χ1v) is 15.8. The molecule has 0 bridgehead atoms. The van der Waals surface area contributed by atoms with Gasteiger partial charge in [0, 0.05) is 16.8 Å². The molecule has 0 aliphatic rings. The van der Waals surface area contributed by atoms with Crippen molar-refractivity contribution in [1.29, 1.82) is 0 Å². The van der Waals surface area contributed by atoms with Crippen LogP contribution in [0.2, 0.25) is 10.0 Å². The molecule has 2 N–H and O–H groups in total. The summed E-state index contributed by atoms with van der Waals surface area (Å²) in [6.07, 6.45) is 0. The van der Waals surface area contributed by atoms with E-state index in [0.29, 0.717) is 10.8 Å². The van der Waals surface area contributed by atoms with Crippen molar-refractivity contribution in [1.82, 2.24) is 0 Å². The van der Waals surface area contributed by atoms with Gasteiger partial charge in [-0.15, -0.1) is 0 Å². The van der Waals surface area contributed by atoms with Crippen LogP contribution in [-0.4, -0.2) is 43.5 Å². The summed E-state index contributed by atoms with van der Waals surface area (Å²) in [6, 6.07) is 21.9. The monoisotopic (exact) mass is 649 g/mol. The quantitative estimate of drug-likeness (QED) is 0.215. The number of carbonyl (C=O) groups is 1. The molecule has 0 aliphatic carbocycles. The fourth-order valence-electron chi connectivity index (χ4n) is 3.84. The highest BCUT2D eigenvalue weighted by Gasteiger charge is 2.28. The minimum atomic E-state index is -4.23. The highest BCUT2D eigenvalue weighted by Crippen LogP contribution is 2.32. The molecule has 0 saturated heterocycles. The maximum atomic E-state index is 13.7. The number of methoxy groups -OCH3 is 2. The minimum Gasteiger partial charge on any atom is -0.493 e. The first kappa shape index (κ1) is 31.0. The number of anilines is 3. The van der Waals surface area contributed by atoms with E-state index in [9.17, 15) is 21.6 Å². The lowest BCUT2D eigenvalue weighted by atomic mass is 10.3. The van der Waals surface area contributed by atoms with E-state index in [1.807, 2.05) is 0 Å². The van der Waals surface area contributed by atoms with Crippen molar-refractivity contribution in [3.8, 4) is 11.5 Å². The minimum absolute atomic E-state index is 0.0894. The largest absolute Gasteiger partial charge is 0.493 e. The zero-order chi connectivity index (χ0) is 30.5. The van der Waals surface area contributed by atoms with E-state index >= 15 is 0 Å². The van der Waals surface area contributed by atoms with Gasteiger partial charge in [-0.3, -0.25) is 13.8 Å². The Bertz CT molecular complexity index is 1800. The molecule has 0 spiro atoms. The Morgan fingerprint density at radius 3 is 2.05 bits per heavy atom. The standard InChI is InChI=1S/C28H25Cl2N3O7S2/c1-39-26-15-13-23(17-27(26)40-2)42(37,38)33(21-6-4-3-5-7-21)18-28(34)31-20-9-11-22(12-10-20)41(35,36)32-25-14-8-19(29)16-24(25)30/h3-17,32H,18H2,1-2H3,(H,31,34). The molecule has 14 heteroatoms. The van der Waals surface area contributed by atoms with E-state index < -0.39 is 32.5 Å². The zero-order valence-corrected chi connectivity index (χ0v) is 25.4. The van der Waals surface area contributed by atoms with Crippen molar-refractivity contribution in [2.24, 2.45) is 0 Å². The Morgan fingerprint density at radius 1 is 0.786 bits per heavy atom. The number of benzene rings is 4. The van der Waals surface area contributed by atoms with Crippen LogP contribution in [0.15, 0.2) is 101 Å². The fraction of sp³-hybridized carbons (Fsp3) is 0.107. The maximum absolute atomic E-state index is 13.7. The number of halogens is 2. The number of amides is 1. The van der Waals surface area contributed by atoms with Crippen LogP contribution < -0.4 is 23.8 Å². The van der Waals surface area contributed by atoms with Crippen LogP contribution in [0.1, 0.15) is 0 Å². The van der Waals surface area contributed by atoms with E-state index in [-0.39, 0.29) is 37.6 Å². The van der Waals surface area contributed by atoms with Crippen LogP contribution >= 0.6 is 23.2 Å². The predicted molar refractivity (Wildman–Crippen MR) is 163 cm³/mol. The number of hydrogen-bond acceptors (Lipinski definition) is 7. The first-order chi connectivity index (χ1) is 19.9. The first-order valence-electron chi connectivity index (χ1n) is 12.1. The number of nitrogens with one attached hydrogen (secondary N) is 2. The van der Waals surface area contributed by atoms with Crippen molar-refractivity contribution in [2.45, 2.75) is 9.79 Å². The van der Waals surface area contributed by atoms with Crippen molar-refractivity contribution < 1.29 is 31.1 Å². The van der Waals surface area contributed by atoms with Crippen molar-refractivity contribution in [3.05, 3.63) is 101 Å². The van der Waals surface area contributed by atoms with Gasteiger partial charge in [0.15, 0.2) is 11.5 Å². The number of rotatable bonds is 11. The number of nitrogens with zero attached hydrogens (tertiary/aromatic N) is 1. The van der Waals surface area contributed by atoms with Gasteiger partial charge in [-0.1, -0.05) is 41.4 Å². The third-order valence-electron chi connectivity index (χ3n) is 5.90. The average molecular weight is 651 g/mol. The lowest BCUT2D eigenvalue weighted by molar-refractivity contribution is -0.114. The average Bonchev–Trinajstić information content (AvgIpc) is 2.97. The van der Waals surface area contributed by atoms with E-state index in [1.54, 1.807) is 30.3 Å². The smallest absolute Gasteiger partial charge is 0.264 e. The molecular weight excluding hydrogens is 625 g/mol. The Kier molecular flexibility index (Phi) is 9.52. The Balaban J connectivity index is 1.54. The molecule has 0 heterocycles. The summed E-state index contributed by atoms with van der Waals surface area (Å²) in [4.78, 5) is 12.9. The molecule has 0 atom stereocenters. The molecule has 4 aromatic rings. The number of carbonyl (C=O) groups excluding carboxylic acids is 1. The SMILES string of the molecule is COc1ccc(S(=O)(=O)N(CC(=O)Nc2ccc(S(=O)(=O)Nc3ccc(Cl)cc3Cl)cc2)c2ccccc2)cc1OC. The normalized spacial score (nSPS) is 11.4. The number of hydrogen-bond donors (Lipinski definition) is 2. The Hall–Kier alpha value is -3.97. The van der Waals surface area contributed by atoms with Gasteiger partial charge < -0.3 is 14.8 Å². The van der Waals surface area contributed by atoms with Gasteiger partial charge in [-0.05, 0) is 66.7 Å². The lowest BCUT2D eigenvalue weighted by Crippen LogP contribution is -2.38. The topological polar surface area (TPSA) is 131 Å². The molecule has 0 unspecified atom stereocenters. The zero-order valence-electron chi connectivity index (χ0n) is 22.2. The molecule has 0 saturated carbocycles. The van der Waals surface area contributed by atoms with Gasteiger partial charge in [0.1, 0.15) is 6.54 Å². The van der Waals surface area contributed by atoms with Crippen LogP contribution in [0.25, 0.3) is 0 Å². The van der Waals surface area contributed by atoms with Crippen LogP contribution in [0.4, 0.5) is 17.1 Å². The van der Waals surface area contributed by atoms with Crippen LogP contribution in [0.3, 0.4) is 0 Å². The molecule has 4 aromatic carbocycles. The molecular formula is C28H25Cl2N3O7S2. The second-order valence-electron chi connectivity index (χ2n) is 8.67.